The number of fused-ring (bicyclic) bond motifs is 2. The second-order valence-corrected chi connectivity index (χ2v) is 6.89. The Morgan fingerprint density at radius 2 is 1.77 bits per heavy atom. The van der Waals surface area contributed by atoms with Gasteiger partial charge in [-0.2, -0.15) is 4.98 Å². The Labute approximate surface area is 175 Å². The quantitative estimate of drug-likeness (QED) is 0.338. The van der Waals surface area contributed by atoms with Crippen LogP contribution in [0.2, 0.25) is 0 Å². The van der Waals surface area contributed by atoms with Crippen molar-refractivity contribution in [1.29, 1.82) is 0 Å². The summed E-state index contributed by atoms with van der Waals surface area (Å²) in [5.74, 6) is -0.200. The number of nitrogens with zero attached hydrogens (tertiary/aromatic N) is 5. The lowest BCUT2D eigenvalue weighted by Gasteiger charge is -2.28. The Morgan fingerprint density at radius 1 is 1.06 bits per heavy atom. The third-order valence-electron chi connectivity index (χ3n) is 5.13. The van der Waals surface area contributed by atoms with Gasteiger partial charge >= 0.3 is 0 Å². The fraction of sp³-hybridized carbons (Fsp3) is 0.250. The number of hydrogen-bond donors (Lipinski definition) is 0. The molecule has 2 aromatic heterocycles. The van der Waals surface area contributed by atoms with E-state index in [9.17, 15) is 14.8 Å². The molecular weight excluding hydrogens is 406 g/mol. The normalized spacial score (nSPS) is 15.5. The number of carbonyl (C=O) groups excluding carboxylic acids is 2. The summed E-state index contributed by atoms with van der Waals surface area (Å²) >= 11 is 0. The van der Waals surface area contributed by atoms with Gasteiger partial charge in [0.05, 0.1) is 30.1 Å². The molecule has 1 aliphatic heterocycles. The second-order valence-electron chi connectivity index (χ2n) is 6.89. The van der Waals surface area contributed by atoms with E-state index in [2.05, 4.69) is 10.1 Å². The van der Waals surface area contributed by atoms with Crippen molar-refractivity contribution in [2.75, 3.05) is 38.3 Å². The zero-order valence-corrected chi connectivity index (χ0v) is 16.5. The minimum atomic E-state index is -0.538. The van der Waals surface area contributed by atoms with E-state index in [4.69, 9.17) is 14.3 Å². The van der Waals surface area contributed by atoms with Crippen LogP contribution in [0.5, 0.6) is 11.6 Å². The fourth-order valence-corrected chi connectivity index (χ4v) is 3.61. The van der Waals surface area contributed by atoms with E-state index in [-0.39, 0.29) is 39.1 Å². The molecule has 11 nitrogen and oxygen atoms in total. The number of aromatic nitrogens is 4. The first kappa shape index (κ1) is 19.0. The Kier molecular flexibility index (Phi) is 4.51. The molecule has 0 unspecified atom stereocenters. The van der Waals surface area contributed by atoms with E-state index in [1.807, 2.05) is 4.90 Å². The van der Waals surface area contributed by atoms with Gasteiger partial charge in [0.25, 0.3) is 5.88 Å². The van der Waals surface area contributed by atoms with Crippen molar-refractivity contribution in [2.24, 2.45) is 0 Å². The molecular formula is C20H17N5O6. The fourth-order valence-electron chi connectivity index (χ4n) is 3.61. The van der Waals surface area contributed by atoms with Gasteiger partial charge in [-0.1, -0.05) is 24.3 Å². The molecule has 31 heavy (non-hydrogen) atoms. The lowest BCUT2D eigenvalue weighted by Crippen LogP contribution is -2.43. The average molecular weight is 423 g/mol. The molecule has 0 N–H and O–H groups in total. The topological polar surface area (TPSA) is 123 Å². The molecule has 1 fully saturated rings. The monoisotopic (exact) mass is 423 g/mol. The molecule has 0 spiro atoms. The Balaban J connectivity index is 1.52. The number of rotatable bonds is 4. The van der Waals surface area contributed by atoms with Crippen molar-refractivity contribution in [2.45, 2.75) is 0 Å². The van der Waals surface area contributed by atoms with Gasteiger partial charge in [0, 0.05) is 29.3 Å². The smallest absolute Gasteiger partial charge is 0.262 e. The third kappa shape index (κ3) is 3.06. The molecule has 3 aromatic rings. The summed E-state index contributed by atoms with van der Waals surface area (Å²) in [6.45, 7) is 2.55. The predicted molar refractivity (Wildman–Crippen MR) is 104 cm³/mol. The zero-order valence-electron chi connectivity index (χ0n) is 16.5. The van der Waals surface area contributed by atoms with Crippen LogP contribution in [0.3, 0.4) is 0 Å². The number of pyridine rings is 1. The second kappa shape index (κ2) is 7.36. The number of benzene rings is 1. The van der Waals surface area contributed by atoms with E-state index in [1.165, 1.54) is 19.2 Å². The van der Waals surface area contributed by atoms with E-state index in [1.54, 1.807) is 24.3 Å². The molecule has 0 saturated carbocycles. The largest absolute Gasteiger partial charge is 0.568 e. The first-order valence-electron chi connectivity index (χ1n) is 9.56. The molecule has 158 valence electrons. The number of hydrogen-bond acceptors (Lipinski definition) is 9. The first-order chi connectivity index (χ1) is 15.1. The minimum absolute atomic E-state index is 0.0572. The van der Waals surface area contributed by atoms with Crippen LogP contribution in [0.1, 0.15) is 32.1 Å². The zero-order chi connectivity index (χ0) is 21.5. The lowest BCUT2D eigenvalue weighted by atomic mass is 9.90. The Bertz CT molecular complexity index is 1200. The van der Waals surface area contributed by atoms with Gasteiger partial charge in [-0.05, 0) is 12.1 Å². The minimum Gasteiger partial charge on any atom is -0.568 e. The van der Waals surface area contributed by atoms with Gasteiger partial charge in [-0.15, -0.1) is 0 Å². The van der Waals surface area contributed by atoms with E-state index >= 15 is 0 Å². The molecule has 0 amide bonds. The van der Waals surface area contributed by atoms with Crippen molar-refractivity contribution < 1.29 is 28.9 Å². The molecule has 2 aliphatic rings. The number of ether oxygens (including phenoxy) is 2. The predicted octanol–water partition coefficient (Wildman–Crippen LogP) is 0.374. The van der Waals surface area contributed by atoms with Crippen LogP contribution >= 0.6 is 0 Å². The van der Waals surface area contributed by atoms with Crippen molar-refractivity contribution in [3.63, 3.8) is 0 Å². The Hall–Kier alpha value is -3.99. The maximum absolute atomic E-state index is 13.0. The van der Waals surface area contributed by atoms with Gasteiger partial charge in [-0.25, -0.2) is 0 Å². The highest BCUT2D eigenvalue weighted by Gasteiger charge is 2.41. The first-order valence-corrected chi connectivity index (χ1v) is 9.56. The van der Waals surface area contributed by atoms with Crippen molar-refractivity contribution in [3.05, 3.63) is 64.1 Å². The van der Waals surface area contributed by atoms with E-state index in [0.29, 0.717) is 37.0 Å². The van der Waals surface area contributed by atoms with Gasteiger partial charge in [-0.3, -0.25) is 9.59 Å². The number of methoxy groups -OCH3 is 1. The van der Waals surface area contributed by atoms with Crippen LogP contribution < -0.4 is 19.4 Å². The maximum atomic E-state index is 13.0. The molecule has 11 heteroatoms. The third-order valence-corrected chi connectivity index (χ3v) is 5.13. The summed E-state index contributed by atoms with van der Waals surface area (Å²) in [5.41, 5.74) is -0.147. The van der Waals surface area contributed by atoms with Crippen LogP contribution in [0, 0.1) is 5.21 Å². The number of carbonyl (C=O) groups is 2. The number of morpholine rings is 1. The molecule has 1 saturated heterocycles. The molecule has 3 heterocycles. The molecule has 0 atom stereocenters. The summed E-state index contributed by atoms with van der Waals surface area (Å²) in [5, 5.41) is 16.1. The highest BCUT2D eigenvalue weighted by Crippen LogP contribution is 2.30. The molecule has 0 bridgehead atoms. The highest BCUT2D eigenvalue weighted by molar-refractivity contribution is 6.26. The summed E-state index contributed by atoms with van der Waals surface area (Å²) < 4.78 is 10.7. The summed E-state index contributed by atoms with van der Waals surface area (Å²) in [6, 6.07) is 9.60. The van der Waals surface area contributed by atoms with Crippen LogP contribution in [0.4, 0.5) is 5.82 Å². The summed E-state index contributed by atoms with van der Waals surface area (Å²) in [7, 11) is 1.41. The molecule has 0 radical (unpaired) electrons. The van der Waals surface area contributed by atoms with Gasteiger partial charge < -0.3 is 24.4 Å². The van der Waals surface area contributed by atoms with Crippen LogP contribution in [0.25, 0.3) is 0 Å². The molecule has 1 aromatic carbocycles. The van der Waals surface area contributed by atoms with Crippen LogP contribution in [-0.4, -0.2) is 59.9 Å². The van der Waals surface area contributed by atoms with Gasteiger partial charge in [0.1, 0.15) is 5.82 Å². The van der Waals surface area contributed by atoms with Crippen LogP contribution in [0.15, 0.2) is 36.4 Å². The van der Waals surface area contributed by atoms with E-state index in [0.717, 1.165) is 0 Å². The Morgan fingerprint density at radius 3 is 2.48 bits per heavy atom. The van der Waals surface area contributed by atoms with E-state index < -0.39 is 11.6 Å². The maximum Gasteiger partial charge on any atom is 0.262 e. The average Bonchev–Trinajstić information content (AvgIpc) is 3.14. The number of anilines is 1. The van der Waals surface area contributed by atoms with Crippen molar-refractivity contribution in [1.82, 2.24) is 14.9 Å². The summed E-state index contributed by atoms with van der Waals surface area (Å²) in [6.07, 6.45) is 0. The van der Waals surface area contributed by atoms with Crippen molar-refractivity contribution >= 4 is 17.4 Å². The van der Waals surface area contributed by atoms with Gasteiger partial charge in [0.2, 0.25) is 28.7 Å². The standard InChI is InChI=1S/C20H17N5O6/c1-29-20-14(6-7-15(21-20)23-8-10-30-11-9-23)31-24-17-16(22-25(24)28)18(26)12-4-2-3-5-13(12)19(17)27/h2-7H,8-11H2,1H3. The summed E-state index contributed by atoms with van der Waals surface area (Å²) in [4.78, 5) is 38.5. The SMILES string of the molecule is COc1nc(N2CCOCC2)ccc1On1c2c(n[n+]1[O-])C(=O)c1ccccc1C2=O. The van der Waals surface area contributed by atoms with Gasteiger partial charge in [0.15, 0.2) is 0 Å². The molecule has 1 aliphatic carbocycles. The molecule has 5 rings (SSSR count). The lowest BCUT2D eigenvalue weighted by molar-refractivity contribution is -0.771. The number of ketones is 2. The van der Waals surface area contributed by atoms with Crippen molar-refractivity contribution in [3.8, 4) is 11.6 Å². The highest BCUT2D eigenvalue weighted by atomic mass is 16.7. The van der Waals surface area contributed by atoms with Crippen LogP contribution in [-0.2, 0) is 4.74 Å².